The van der Waals surface area contributed by atoms with Crippen molar-refractivity contribution in [1.29, 1.82) is 0 Å². The van der Waals surface area contributed by atoms with Crippen LogP contribution in [0.15, 0.2) is 0 Å². The Kier molecular flexibility index (Phi) is 23.8. The molecule has 0 spiro atoms. The van der Waals surface area contributed by atoms with Gasteiger partial charge >= 0.3 is 47.3 Å². The molecule has 0 aliphatic rings. The maximum Gasteiger partial charge on any atom is 1.00 e. The van der Waals surface area contributed by atoms with Gasteiger partial charge in [0.05, 0.1) is 0 Å². The van der Waals surface area contributed by atoms with Gasteiger partial charge < -0.3 is 16.5 Å². The van der Waals surface area contributed by atoms with Crippen molar-refractivity contribution >= 4 is 17.7 Å². The molecule has 7 nitrogen and oxygen atoms in total. The molecule has 11 heteroatoms. The minimum atomic E-state index is -4.67. The molecule has 0 aliphatic carbocycles. The van der Waals surface area contributed by atoms with Crippen molar-refractivity contribution in [2.24, 2.45) is 0 Å². The molecule has 11 heavy (non-hydrogen) atoms. The normalized spacial score (nSPS) is 7.73. The van der Waals surface area contributed by atoms with Crippen LogP contribution in [0.25, 0.3) is 0 Å². The Balaban J connectivity index is -0.0000000221. The van der Waals surface area contributed by atoms with E-state index in [1.807, 2.05) is 0 Å². The molecule has 0 atom stereocenters. The zero-order valence-electron chi connectivity index (χ0n) is 6.75. The minimum absolute atomic E-state index is 0. The Morgan fingerprint density at radius 1 is 1.09 bits per heavy atom. The standard InChI is InChI=1S/BH3O3.Na.H2O4S.Zn.H/c2-1(3)4;;1-5(2,3)4;;/h2-4H;;(H2,1,2,3,4);;/q;+1;;;-1. The summed E-state index contributed by atoms with van der Waals surface area (Å²) in [5.41, 5.74) is 0. The number of hydrogen-bond acceptors (Lipinski definition) is 5. The van der Waals surface area contributed by atoms with Gasteiger partial charge in [0.1, 0.15) is 0 Å². The fraction of sp³-hybridized carbons (Fsp3) is 0. The molecular weight excluding hydrogens is 243 g/mol. The predicted octanol–water partition coefficient (Wildman–Crippen LogP) is -5.59. The van der Waals surface area contributed by atoms with Gasteiger partial charge in [0.2, 0.25) is 0 Å². The molecule has 0 saturated carbocycles. The van der Waals surface area contributed by atoms with E-state index in [1.165, 1.54) is 0 Å². The summed E-state index contributed by atoms with van der Waals surface area (Å²) in [6.07, 6.45) is 0. The third-order valence-corrected chi connectivity index (χ3v) is 0. The molecule has 0 aromatic rings. The summed E-state index contributed by atoms with van der Waals surface area (Å²) in [5.74, 6) is 0. The Labute approximate surface area is 100 Å². The second-order valence-electron chi connectivity index (χ2n) is 0.794. The maximum atomic E-state index is 8.74. The Morgan fingerprint density at radius 3 is 1.09 bits per heavy atom. The minimum Gasteiger partial charge on any atom is -1.00 e. The van der Waals surface area contributed by atoms with E-state index < -0.39 is 17.7 Å². The fourth-order valence-corrected chi connectivity index (χ4v) is 0. The zero-order chi connectivity index (χ0) is 8.08. The second kappa shape index (κ2) is 11.4. The summed E-state index contributed by atoms with van der Waals surface area (Å²) in [6.45, 7) is 0. The van der Waals surface area contributed by atoms with Crippen LogP contribution in [0.1, 0.15) is 1.43 Å². The molecule has 0 aliphatic heterocycles. The van der Waals surface area contributed by atoms with Crippen LogP contribution in [0.2, 0.25) is 0 Å². The molecule has 0 unspecified atom stereocenters. The quantitative estimate of drug-likeness (QED) is 0.213. The van der Waals surface area contributed by atoms with Gasteiger partial charge in [-0.2, -0.15) is 8.42 Å². The van der Waals surface area contributed by atoms with Gasteiger partial charge in [-0.05, 0) is 0 Å². The summed E-state index contributed by atoms with van der Waals surface area (Å²) in [6, 6.07) is 0. The van der Waals surface area contributed by atoms with E-state index in [1.54, 1.807) is 0 Å². The van der Waals surface area contributed by atoms with E-state index in [9.17, 15) is 0 Å². The summed E-state index contributed by atoms with van der Waals surface area (Å²) in [4.78, 5) is 0. The van der Waals surface area contributed by atoms with Crippen molar-refractivity contribution in [3.05, 3.63) is 0 Å². The Bertz CT molecular complexity index is 135. The van der Waals surface area contributed by atoms with Crippen LogP contribution in [-0.2, 0) is 29.9 Å². The first kappa shape index (κ1) is 22.9. The fourth-order valence-electron chi connectivity index (χ4n) is 0. The second-order valence-corrected chi connectivity index (χ2v) is 1.69. The Morgan fingerprint density at radius 2 is 1.09 bits per heavy atom. The van der Waals surface area contributed by atoms with Crippen LogP contribution in [0, 0.1) is 0 Å². The third kappa shape index (κ3) is 493. The van der Waals surface area contributed by atoms with E-state index in [0.717, 1.165) is 0 Å². The summed E-state index contributed by atoms with van der Waals surface area (Å²) >= 11 is 0. The molecule has 0 bridgehead atoms. The van der Waals surface area contributed by atoms with E-state index in [0.29, 0.717) is 0 Å². The number of hydrogen-bond donors (Lipinski definition) is 5. The topological polar surface area (TPSA) is 135 Å². The van der Waals surface area contributed by atoms with E-state index in [2.05, 4.69) is 0 Å². The maximum absolute atomic E-state index is 8.74. The van der Waals surface area contributed by atoms with Crippen molar-refractivity contribution in [2.75, 3.05) is 0 Å². The van der Waals surface area contributed by atoms with Crippen molar-refractivity contribution in [3.8, 4) is 0 Å². The molecule has 0 saturated heterocycles. The van der Waals surface area contributed by atoms with Crippen molar-refractivity contribution in [3.63, 3.8) is 0 Å². The van der Waals surface area contributed by atoms with E-state index >= 15 is 0 Å². The molecule has 0 aromatic heterocycles. The van der Waals surface area contributed by atoms with Gasteiger partial charge in [0, 0.05) is 19.5 Å². The van der Waals surface area contributed by atoms with Gasteiger partial charge in [-0.1, -0.05) is 0 Å². The molecule has 0 heterocycles. The Hall–Kier alpha value is 1.44. The third-order valence-electron chi connectivity index (χ3n) is 0. The van der Waals surface area contributed by atoms with Crippen LogP contribution in [0.3, 0.4) is 0 Å². The van der Waals surface area contributed by atoms with Gasteiger partial charge in [0.15, 0.2) is 0 Å². The van der Waals surface area contributed by atoms with Crippen LogP contribution in [0.5, 0.6) is 0 Å². The van der Waals surface area contributed by atoms with Crippen LogP contribution in [-0.4, -0.2) is 39.9 Å². The summed E-state index contributed by atoms with van der Waals surface area (Å²) < 4.78 is 31.6. The van der Waals surface area contributed by atoms with Gasteiger partial charge in [-0.3, -0.25) is 9.11 Å². The van der Waals surface area contributed by atoms with Crippen molar-refractivity contribution < 1.29 is 83.1 Å². The van der Waals surface area contributed by atoms with Crippen molar-refractivity contribution in [1.82, 2.24) is 0 Å². The molecule has 0 fully saturated rings. The average molecular weight is 249 g/mol. The van der Waals surface area contributed by atoms with Crippen LogP contribution in [0.4, 0.5) is 0 Å². The molecular formula is H6BNaO7SZn. The molecule has 0 rings (SSSR count). The summed E-state index contributed by atoms with van der Waals surface area (Å²) in [5, 5.41) is 21.5. The smallest absolute Gasteiger partial charge is 1.00 e. The average Bonchev–Trinajstić information content (AvgIpc) is 1.19. The monoisotopic (exact) mass is 248 g/mol. The van der Waals surface area contributed by atoms with Crippen LogP contribution < -0.4 is 29.6 Å². The zero-order valence-corrected chi connectivity index (χ0v) is 11.5. The molecule has 0 radical (unpaired) electrons. The van der Waals surface area contributed by atoms with E-state index in [-0.39, 0.29) is 50.5 Å². The van der Waals surface area contributed by atoms with Crippen molar-refractivity contribution in [2.45, 2.75) is 0 Å². The predicted molar refractivity (Wildman–Crippen MR) is 27.7 cm³/mol. The van der Waals surface area contributed by atoms with E-state index in [4.69, 9.17) is 32.6 Å². The largest absolute Gasteiger partial charge is 1.00 e. The van der Waals surface area contributed by atoms with Gasteiger partial charge in [-0.15, -0.1) is 0 Å². The molecule has 60 valence electrons. The molecule has 0 amide bonds. The first-order valence-corrected chi connectivity index (χ1v) is 2.87. The SMILES string of the molecule is O=S(=O)(O)O.OB(O)O.[H-].[Na+].[Zn]. The van der Waals surface area contributed by atoms with Gasteiger partial charge in [0.25, 0.3) is 0 Å². The van der Waals surface area contributed by atoms with Crippen LogP contribution >= 0.6 is 0 Å². The van der Waals surface area contributed by atoms with Gasteiger partial charge in [-0.25, -0.2) is 0 Å². The first-order valence-electron chi connectivity index (χ1n) is 1.47. The molecule has 5 N–H and O–H groups in total. The first-order chi connectivity index (χ1) is 3.73. The summed E-state index contributed by atoms with van der Waals surface area (Å²) in [7, 11) is -6.83. The molecule has 0 aromatic carbocycles. The number of rotatable bonds is 0.